The molecule has 0 aromatic carbocycles. The van der Waals surface area contributed by atoms with Gasteiger partial charge in [-0.2, -0.15) is 0 Å². The lowest BCUT2D eigenvalue weighted by Gasteiger charge is -2.73. The lowest BCUT2D eigenvalue weighted by Crippen LogP contribution is -2.66. The number of unbranched alkanes of at least 4 members (excludes halogenated alkanes) is 1. The first-order valence-corrected chi connectivity index (χ1v) is 18.8. The van der Waals surface area contributed by atoms with Crippen molar-refractivity contribution < 1.29 is 24.2 Å². The zero-order chi connectivity index (χ0) is 34.1. The van der Waals surface area contributed by atoms with Gasteiger partial charge < -0.3 is 14.6 Å². The highest BCUT2D eigenvalue weighted by Gasteiger charge is 2.71. The summed E-state index contributed by atoms with van der Waals surface area (Å²) in [6.07, 6.45) is 16.1. The fraction of sp³-hybridized carbons (Fsp3) is 0.878. The van der Waals surface area contributed by atoms with E-state index in [1.165, 1.54) is 63.4 Å². The molecule has 0 bridgehead atoms. The summed E-state index contributed by atoms with van der Waals surface area (Å²) in [5.74, 6) is 2.16. The highest BCUT2D eigenvalue weighted by Crippen LogP contribution is 2.78. The Kier molecular flexibility index (Phi) is 9.33. The van der Waals surface area contributed by atoms with Crippen LogP contribution in [0.1, 0.15) is 159 Å². The minimum absolute atomic E-state index is 0.0954. The molecule has 0 unspecified atom stereocenters. The van der Waals surface area contributed by atoms with Gasteiger partial charge in [-0.1, -0.05) is 53.2 Å². The van der Waals surface area contributed by atoms with Gasteiger partial charge in [-0.05, 0) is 156 Å². The predicted octanol–water partition coefficient (Wildman–Crippen LogP) is 10.2. The number of allylic oxidation sites excluding steroid dienone is 1. The van der Waals surface area contributed by atoms with Gasteiger partial charge in [0.25, 0.3) is 0 Å². The maximum atomic E-state index is 13.0. The number of hydrogen-bond donors (Lipinski definition) is 1. The standard InChI is InChI=1S/C41H66O5/c1-26(2)28-16-22-41(19-12-11-13-27(3)42)24-23-39(9)29(34(28)41)14-15-31-38(8)20-18-32(46-33(43)25-36(4,5)35(44)45)37(6,7)30(38)17-21-40(31,39)10/h28-32,34H,1,11-25H2,2-10H3,(H,44,45)/t28-,29+,30-,31+,32-,34+,38-,39+,40+,41+/m0/s1. The fourth-order valence-electron chi connectivity index (χ4n) is 13.4. The molecule has 0 saturated heterocycles. The van der Waals surface area contributed by atoms with Crippen LogP contribution < -0.4 is 0 Å². The van der Waals surface area contributed by atoms with Gasteiger partial charge in [0.2, 0.25) is 0 Å². The predicted molar refractivity (Wildman–Crippen MR) is 184 cm³/mol. The molecule has 260 valence electrons. The number of Topliss-reactive ketones (excluding diaryl/α,β-unsaturated/α-hetero) is 1. The number of esters is 1. The number of carboxylic acid groups (broad SMARTS) is 1. The van der Waals surface area contributed by atoms with Crippen LogP contribution in [-0.4, -0.2) is 28.9 Å². The average Bonchev–Trinajstić information content (AvgIpc) is 3.33. The number of ether oxygens (including phenoxy) is 1. The third-order valence-corrected chi connectivity index (χ3v) is 16.1. The maximum Gasteiger partial charge on any atom is 0.309 e. The van der Waals surface area contributed by atoms with Crippen molar-refractivity contribution in [3.63, 3.8) is 0 Å². The SMILES string of the molecule is C=C(C)[C@@H]1CC[C@]2(CCCCC(C)=O)CC[C@]3(C)[C@H](CC[C@@H]4[C@@]5(C)CC[C@H](OC(=O)CC(C)(C)C(=O)O)C(C)(C)[C@@H]5CC[C@]43C)[C@@H]12. The average molecular weight is 639 g/mol. The molecule has 0 aromatic rings. The molecule has 5 aliphatic rings. The van der Waals surface area contributed by atoms with E-state index in [0.717, 1.165) is 38.0 Å². The van der Waals surface area contributed by atoms with Gasteiger partial charge >= 0.3 is 11.9 Å². The third-order valence-electron chi connectivity index (χ3n) is 16.1. The summed E-state index contributed by atoms with van der Waals surface area (Å²) < 4.78 is 6.17. The van der Waals surface area contributed by atoms with Gasteiger partial charge in [0.1, 0.15) is 11.9 Å². The van der Waals surface area contributed by atoms with Crippen molar-refractivity contribution in [3.8, 4) is 0 Å². The maximum absolute atomic E-state index is 13.0. The molecule has 10 atom stereocenters. The van der Waals surface area contributed by atoms with E-state index in [1.54, 1.807) is 20.8 Å². The number of carbonyl (C=O) groups is 3. The van der Waals surface area contributed by atoms with E-state index in [2.05, 4.69) is 48.1 Å². The molecule has 0 heterocycles. The van der Waals surface area contributed by atoms with E-state index >= 15 is 0 Å². The Bertz CT molecular complexity index is 1230. The quantitative estimate of drug-likeness (QED) is 0.146. The molecule has 0 aliphatic heterocycles. The number of carbonyl (C=O) groups excluding carboxylic acids is 2. The minimum Gasteiger partial charge on any atom is -0.481 e. The molecule has 0 spiro atoms. The van der Waals surface area contributed by atoms with Crippen LogP contribution in [0.25, 0.3) is 0 Å². The van der Waals surface area contributed by atoms with Crippen LogP contribution in [0.4, 0.5) is 0 Å². The van der Waals surface area contributed by atoms with E-state index in [9.17, 15) is 19.5 Å². The second kappa shape index (κ2) is 12.0. The molecule has 1 N–H and O–H groups in total. The van der Waals surface area contributed by atoms with Crippen LogP contribution in [0.3, 0.4) is 0 Å². The van der Waals surface area contributed by atoms with E-state index < -0.39 is 11.4 Å². The number of aliphatic carboxylic acids is 1. The van der Waals surface area contributed by atoms with Crippen molar-refractivity contribution >= 4 is 17.7 Å². The molecule has 5 saturated carbocycles. The van der Waals surface area contributed by atoms with Gasteiger partial charge in [-0.15, -0.1) is 0 Å². The van der Waals surface area contributed by atoms with Crippen molar-refractivity contribution in [3.05, 3.63) is 12.2 Å². The summed E-state index contributed by atoms with van der Waals surface area (Å²) in [5.41, 5.74) is 1.28. The van der Waals surface area contributed by atoms with E-state index in [0.29, 0.717) is 40.3 Å². The van der Waals surface area contributed by atoms with Crippen molar-refractivity contribution in [2.75, 3.05) is 0 Å². The summed E-state index contributed by atoms with van der Waals surface area (Å²) in [7, 11) is 0. The number of ketones is 1. The molecule has 5 aliphatic carbocycles. The van der Waals surface area contributed by atoms with E-state index in [1.807, 2.05) is 0 Å². The van der Waals surface area contributed by atoms with Crippen molar-refractivity contribution in [1.82, 2.24) is 0 Å². The molecule has 0 radical (unpaired) electrons. The highest BCUT2D eigenvalue weighted by atomic mass is 16.5. The summed E-state index contributed by atoms with van der Waals surface area (Å²) in [4.78, 5) is 36.4. The Labute approximate surface area is 280 Å². The van der Waals surface area contributed by atoms with Crippen molar-refractivity contribution in [1.29, 1.82) is 0 Å². The second-order valence-corrected chi connectivity index (χ2v) is 19.2. The molecule has 5 fully saturated rings. The van der Waals surface area contributed by atoms with E-state index in [4.69, 9.17) is 4.74 Å². The Morgan fingerprint density at radius 2 is 1.52 bits per heavy atom. The van der Waals surface area contributed by atoms with Crippen LogP contribution in [0.2, 0.25) is 0 Å². The topological polar surface area (TPSA) is 80.7 Å². The van der Waals surface area contributed by atoms with Gasteiger partial charge in [0.05, 0.1) is 11.8 Å². The number of carboxylic acids is 1. The fourth-order valence-corrected chi connectivity index (χ4v) is 13.4. The van der Waals surface area contributed by atoms with Gasteiger partial charge in [0, 0.05) is 11.8 Å². The molecule has 46 heavy (non-hydrogen) atoms. The third kappa shape index (κ3) is 5.54. The molecular weight excluding hydrogens is 572 g/mol. The van der Waals surface area contributed by atoms with Crippen LogP contribution in [0.15, 0.2) is 12.2 Å². The molecular formula is C41H66O5. The van der Waals surface area contributed by atoms with Gasteiger partial charge in [-0.3, -0.25) is 9.59 Å². The van der Waals surface area contributed by atoms with Crippen molar-refractivity contribution in [2.24, 2.45) is 62.1 Å². The van der Waals surface area contributed by atoms with Crippen LogP contribution >= 0.6 is 0 Å². The Morgan fingerprint density at radius 3 is 2.15 bits per heavy atom. The molecule has 0 aromatic heterocycles. The lowest BCUT2D eigenvalue weighted by atomic mass is 9.32. The summed E-state index contributed by atoms with van der Waals surface area (Å²) in [5, 5.41) is 9.57. The molecule has 0 amide bonds. The summed E-state index contributed by atoms with van der Waals surface area (Å²) in [6, 6.07) is 0. The smallest absolute Gasteiger partial charge is 0.309 e. The first-order chi connectivity index (χ1) is 21.2. The van der Waals surface area contributed by atoms with Gasteiger partial charge in [-0.25, -0.2) is 0 Å². The Morgan fingerprint density at radius 1 is 0.826 bits per heavy atom. The summed E-state index contributed by atoms with van der Waals surface area (Å²) >= 11 is 0. The van der Waals surface area contributed by atoms with Gasteiger partial charge in [0.15, 0.2) is 0 Å². The van der Waals surface area contributed by atoms with Crippen molar-refractivity contribution in [2.45, 2.75) is 165 Å². The number of rotatable bonds is 10. The van der Waals surface area contributed by atoms with E-state index in [-0.39, 0.29) is 34.7 Å². The lowest BCUT2D eigenvalue weighted by molar-refractivity contribution is -0.250. The number of fused-ring (bicyclic) bond motifs is 7. The second-order valence-electron chi connectivity index (χ2n) is 19.2. The monoisotopic (exact) mass is 638 g/mol. The van der Waals surface area contributed by atoms with Crippen LogP contribution in [-0.2, 0) is 19.1 Å². The summed E-state index contributed by atoms with van der Waals surface area (Å²) in [6.45, 7) is 24.4. The van der Waals surface area contributed by atoms with Crippen LogP contribution in [0.5, 0.6) is 0 Å². The first kappa shape index (κ1) is 35.7. The largest absolute Gasteiger partial charge is 0.481 e. The minimum atomic E-state index is -1.13. The first-order valence-electron chi connectivity index (χ1n) is 18.8. The molecule has 5 rings (SSSR count). The zero-order valence-electron chi connectivity index (χ0n) is 30.9. The Balaban J connectivity index is 1.38. The van der Waals surface area contributed by atoms with Crippen LogP contribution in [0, 0.1) is 62.1 Å². The highest BCUT2D eigenvalue weighted by molar-refractivity contribution is 5.81. The molecule has 5 nitrogen and oxygen atoms in total. The molecule has 5 heteroatoms. The zero-order valence-corrected chi connectivity index (χ0v) is 30.9. The Hall–Kier alpha value is -1.65. The normalized spacial score (nSPS) is 43.0. The number of hydrogen-bond acceptors (Lipinski definition) is 4.